The van der Waals surface area contributed by atoms with Crippen LogP contribution < -0.4 is 5.73 Å². The number of hydrogen-bond donors (Lipinski definition) is 1. The van der Waals surface area contributed by atoms with Gasteiger partial charge in [0.1, 0.15) is 0 Å². The van der Waals surface area contributed by atoms with E-state index in [4.69, 9.17) is 17.3 Å². The summed E-state index contributed by atoms with van der Waals surface area (Å²) < 4.78 is 1.06. The Kier molecular flexibility index (Phi) is 3.64. The largest absolute Gasteiger partial charge is 0.326 e. The molecule has 1 nitrogen and oxygen atoms in total. The minimum absolute atomic E-state index is 0.516. The van der Waals surface area contributed by atoms with Gasteiger partial charge in [0.25, 0.3) is 0 Å². The van der Waals surface area contributed by atoms with Crippen molar-refractivity contribution >= 4 is 27.5 Å². The van der Waals surface area contributed by atoms with Crippen LogP contribution in [0.5, 0.6) is 0 Å². The van der Waals surface area contributed by atoms with Gasteiger partial charge in [0.2, 0.25) is 0 Å². The van der Waals surface area contributed by atoms with E-state index in [-0.39, 0.29) is 0 Å². The number of rotatable bonds is 2. The Balaban J connectivity index is 2.53. The lowest BCUT2D eigenvalue weighted by atomic mass is 10.00. The molecule has 16 heavy (non-hydrogen) atoms. The van der Waals surface area contributed by atoms with E-state index >= 15 is 0 Å². The lowest BCUT2D eigenvalue weighted by Gasteiger charge is -2.08. The summed E-state index contributed by atoms with van der Waals surface area (Å²) in [5.41, 5.74) is 9.05. The maximum atomic E-state index is 6.00. The summed E-state index contributed by atoms with van der Waals surface area (Å²) >= 11 is 9.42. The molecule has 0 heterocycles. The second-order valence-electron chi connectivity index (χ2n) is 3.51. The average Bonchev–Trinajstić information content (AvgIpc) is 2.30. The van der Waals surface area contributed by atoms with Crippen LogP contribution in [0.2, 0.25) is 5.02 Å². The minimum atomic E-state index is 0.516. The highest BCUT2D eigenvalue weighted by atomic mass is 79.9. The third-order valence-corrected chi connectivity index (χ3v) is 3.21. The molecule has 0 saturated carbocycles. The number of hydrogen-bond acceptors (Lipinski definition) is 1. The van der Waals surface area contributed by atoms with Crippen LogP contribution in [0.15, 0.2) is 46.9 Å². The first kappa shape index (κ1) is 11.6. The fraction of sp³-hybridized carbons (Fsp3) is 0.0769. The second kappa shape index (κ2) is 5.00. The first-order valence-corrected chi connectivity index (χ1v) is 6.12. The van der Waals surface area contributed by atoms with E-state index in [0.29, 0.717) is 6.54 Å². The Labute approximate surface area is 108 Å². The fourth-order valence-corrected chi connectivity index (χ4v) is 2.06. The molecule has 0 atom stereocenters. The van der Waals surface area contributed by atoms with E-state index in [0.717, 1.165) is 26.2 Å². The Bertz CT molecular complexity index is 494. The zero-order valence-electron chi connectivity index (χ0n) is 8.58. The van der Waals surface area contributed by atoms with E-state index in [1.807, 2.05) is 30.3 Å². The molecule has 0 unspecified atom stereocenters. The molecule has 2 aromatic carbocycles. The summed E-state index contributed by atoms with van der Waals surface area (Å²) in [7, 11) is 0. The summed E-state index contributed by atoms with van der Waals surface area (Å²) in [5.74, 6) is 0. The first-order chi connectivity index (χ1) is 7.70. The molecule has 2 rings (SSSR count). The van der Waals surface area contributed by atoms with Gasteiger partial charge in [-0.2, -0.15) is 0 Å². The van der Waals surface area contributed by atoms with Crippen LogP contribution in [0.25, 0.3) is 11.1 Å². The second-order valence-corrected chi connectivity index (χ2v) is 4.86. The van der Waals surface area contributed by atoms with Crippen LogP contribution in [0, 0.1) is 0 Å². The number of nitrogens with two attached hydrogens (primary N) is 1. The van der Waals surface area contributed by atoms with Crippen molar-refractivity contribution in [3.8, 4) is 11.1 Å². The minimum Gasteiger partial charge on any atom is -0.326 e. The van der Waals surface area contributed by atoms with Gasteiger partial charge in [-0.25, -0.2) is 0 Å². The van der Waals surface area contributed by atoms with Gasteiger partial charge in [0.15, 0.2) is 0 Å². The van der Waals surface area contributed by atoms with Crippen molar-refractivity contribution in [1.82, 2.24) is 0 Å². The predicted molar refractivity (Wildman–Crippen MR) is 72.5 cm³/mol. The van der Waals surface area contributed by atoms with Crippen molar-refractivity contribution in [1.29, 1.82) is 0 Å². The molecule has 0 aliphatic rings. The normalized spacial score (nSPS) is 10.4. The van der Waals surface area contributed by atoms with Gasteiger partial charge in [0.05, 0.1) is 0 Å². The molecule has 0 saturated heterocycles. The van der Waals surface area contributed by atoms with Crippen LogP contribution in [0.4, 0.5) is 0 Å². The Morgan fingerprint density at radius 3 is 2.38 bits per heavy atom. The van der Waals surface area contributed by atoms with Crippen molar-refractivity contribution < 1.29 is 0 Å². The van der Waals surface area contributed by atoms with Crippen molar-refractivity contribution in [2.75, 3.05) is 0 Å². The van der Waals surface area contributed by atoms with Gasteiger partial charge in [-0.05, 0) is 41.0 Å². The highest BCUT2D eigenvalue weighted by molar-refractivity contribution is 9.10. The predicted octanol–water partition coefficient (Wildman–Crippen LogP) is 4.23. The molecule has 0 aliphatic heterocycles. The highest BCUT2D eigenvalue weighted by Gasteiger charge is 2.04. The van der Waals surface area contributed by atoms with Gasteiger partial charge in [-0.1, -0.05) is 45.7 Å². The topological polar surface area (TPSA) is 26.0 Å². The number of benzene rings is 2. The molecule has 3 heteroatoms. The first-order valence-electron chi connectivity index (χ1n) is 4.95. The molecule has 0 radical (unpaired) electrons. The van der Waals surface area contributed by atoms with Gasteiger partial charge in [-0.3, -0.25) is 0 Å². The van der Waals surface area contributed by atoms with Gasteiger partial charge >= 0.3 is 0 Å². The maximum Gasteiger partial charge on any atom is 0.0412 e. The molecule has 82 valence electrons. The molecule has 0 aliphatic carbocycles. The third-order valence-electron chi connectivity index (χ3n) is 2.45. The van der Waals surface area contributed by atoms with Gasteiger partial charge in [0, 0.05) is 16.0 Å². The standard InChI is InChI=1S/C13H11BrClN/c14-11-4-1-9(2-5-11)13-7-12(15)6-3-10(13)8-16/h1-7H,8,16H2. The van der Waals surface area contributed by atoms with E-state index in [2.05, 4.69) is 28.1 Å². The van der Waals surface area contributed by atoms with Crippen LogP contribution in [-0.2, 0) is 6.54 Å². The molecule has 2 aromatic rings. The molecular weight excluding hydrogens is 286 g/mol. The fourth-order valence-electron chi connectivity index (χ4n) is 1.62. The summed E-state index contributed by atoms with van der Waals surface area (Å²) in [6, 6.07) is 13.9. The smallest absolute Gasteiger partial charge is 0.0412 e. The molecule has 0 amide bonds. The van der Waals surface area contributed by atoms with Crippen molar-refractivity contribution in [2.45, 2.75) is 6.54 Å². The quantitative estimate of drug-likeness (QED) is 0.882. The van der Waals surface area contributed by atoms with Crippen molar-refractivity contribution in [2.24, 2.45) is 5.73 Å². The third kappa shape index (κ3) is 2.46. The van der Waals surface area contributed by atoms with Crippen molar-refractivity contribution in [3.63, 3.8) is 0 Å². The maximum absolute atomic E-state index is 6.00. The van der Waals surface area contributed by atoms with Gasteiger partial charge in [-0.15, -0.1) is 0 Å². The van der Waals surface area contributed by atoms with Crippen LogP contribution in [0.1, 0.15) is 5.56 Å². The lowest BCUT2D eigenvalue weighted by molar-refractivity contribution is 1.07. The van der Waals surface area contributed by atoms with Crippen LogP contribution >= 0.6 is 27.5 Å². The van der Waals surface area contributed by atoms with Gasteiger partial charge < -0.3 is 5.73 Å². The Hall–Kier alpha value is -0.830. The SMILES string of the molecule is NCc1ccc(Cl)cc1-c1ccc(Br)cc1. The van der Waals surface area contributed by atoms with E-state index in [9.17, 15) is 0 Å². The number of halogens is 2. The zero-order valence-corrected chi connectivity index (χ0v) is 10.9. The highest BCUT2D eigenvalue weighted by Crippen LogP contribution is 2.27. The van der Waals surface area contributed by atoms with E-state index in [1.54, 1.807) is 0 Å². The molecular formula is C13H11BrClN. The van der Waals surface area contributed by atoms with Crippen LogP contribution in [-0.4, -0.2) is 0 Å². The Morgan fingerprint density at radius 1 is 1.06 bits per heavy atom. The van der Waals surface area contributed by atoms with Crippen molar-refractivity contribution in [3.05, 3.63) is 57.5 Å². The van der Waals surface area contributed by atoms with E-state index in [1.165, 1.54) is 0 Å². The zero-order chi connectivity index (χ0) is 11.5. The molecule has 2 N–H and O–H groups in total. The lowest BCUT2D eigenvalue weighted by Crippen LogP contribution is -1.98. The Morgan fingerprint density at radius 2 is 1.75 bits per heavy atom. The summed E-state index contributed by atoms with van der Waals surface area (Å²) in [4.78, 5) is 0. The van der Waals surface area contributed by atoms with E-state index < -0.39 is 0 Å². The molecule has 0 spiro atoms. The summed E-state index contributed by atoms with van der Waals surface area (Å²) in [6.07, 6.45) is 0. The molecule has 0 bridgehead atoms. The molecule has 0 fully saturated rings. The molecule has 0 aromatic heterocycles. The van der Waals surface area contributed by atoms with Crippen LogP contribution in [0.3, 0.4) is 0 Å². The monoisotopic (exact) mass is 295 g/mol. The summed E-state index contributed by atoms with van der Waals surface area (Å²) in [6.45, 7) is 0.516. The average molecular weight is 297 g/mol. The summed E-state index contributed by atoms with van der Waals surface area (Å²) in [5, 5.41) is 0.732.